The van der Waals surface area contributed by atoms with Crippen LogP contribution in [0.3, 0.4) is 0 Å². The molecular formula is C51H52N4O. The molecule has 0 spiro atoms. The third-order valence-electron chi connectivity index (χ3n) is 12.3. The second-order valence-electron chi connectivity index (χ2n) is 17.6. The van der Waals surface area contributed by atoms with Crippen molar-refractivity contribution in [3.8, 4) is 44.8 Å². The Morgan fingerprint density at radius 3 is 1.50 bits per heavy atom. The Hall–Kier alpha value is -5.68. The zero-order valence-corrected chi connectivity index (χ0v) is 34.4. The minimum absolute atomic E-state index is 0.176. The summed E-state index contributed by atoms with van der Waals surface area (Å²) in [6, 6.07) is 31.2. The second kappa shape index (κ2) is 13.2. The van der Waals surface area contributed by atoms with Gasteiger partial charge in [0.2, 0.25) is 0 Å². The molecule has 1 aliphatic rings. The van der Waals surface area contributed by atoms with Crippen molar-refractivity contribution in [1.29, 1.82) is 0 Å². The molecule has 5 aromatic carbocycles. The van der Waals surface area contributed by atoms with Gasteiger partial charge in [-0.25, -0.2) is 9.36 Å². The van der Waals surface area contributed by atoms with Gasteiger partial charge in [-0.05, 0) is 116 Å². The van der Waals surface area contributed by atoms with Crippen molar-refractivity contribution in [3.05, 3.63) is 143 Å². The SMILES string of the molecule is CC(C)c1cccc(C(C)C)c1-c1cnn(-c2ccc3c(c2)-c2c(ccc4oc5ccc(-n6cc(-c7c(C(C)C)cccc7C(C)C)cn6)cc5c24)C3(C)C)c1. The minimum atomic E-state index is -0.176. The first-order chi connectivity index (χ1) is 26.8. The van der Waals surface area contributed by atoms with Crippen molar-refractivity contribution >= 4 is 21.9 Å². The standard InChI is InChI=1S/C51H52N4O/c1-29(2)37-13-11-14-38(30(3)4)47(37)33-25-52-54(27-33)35-17-19-43-41(23-35)49-44(51(43,9)10)20-22-46-50(49)42-24-36(18-21-45(42)56-46)55-28-34(26-53-55)48-39(31(5)6)15-12-16-40(48)32(7)8/h11-32H,1-10H3. The maximum absolute atomic E-state index is 6.59. The fourth-order valence-corrected chi connectivity index (χ4v) is 9.33. The first-order valence-corrected chi connectivity index (χ1v) is 20.3. The number of nitrogens with zero attached hydrogens (tertiary/aromatic N) is 4. The molecule has 0 saturated heterocycles. The summed E-state index contributed by atoms with van der Waals surface area (Å²) >= 11 is 0. The fraction of sp³-hybridized carbons (Fsp3) is 0.294. The highest BCUT2D eigenvalue weighted by molar-refractivity contribution is 6.15. The van der Waals surface area contributed by atoms with Crippen LogP contribution in [0.1, 0.15) is 126 Å². The highest BCUT2D eigenvalue weighted by atomic mass is 16.3. The van der Waals surface area contributed by atoms with Crippen LogP contribution in [0.25, 0.3) is 66.7 Å². The van der Waals surface area contributed by atoms with Gasteiger partial charge in [-0.2, -0.15) is 10.2 Å². The minimum Gasteiger partial charge on any atom is -0.456 e. The van der Waals surface area contributed by atoms with E-state index >= 15 is 0 Å². The summed E-state index contributed by atoms with van der Waals surface area (Å²) in [5.74, 6) is 1.64. The Morgan fingerprint density at radius 1 is 0.518 bits per heavy atom. The number of hydrogen-bond donors (Lipinski definition) is 0. The van der Waals surface area contributed by atoms with E-state index in [2.05, 4.69) is 167 Å². The molecule has 0 fully saturated rings. The summed E-state index contributed by atoms with van der Waals surface area (Å²) in [6.45, 7) is 22.9. The normalized spacial score (nSPS) is 13.6. The Bertz CT molecular complexity index is 2750. The quantitative estimate of drug-likeness (QED) is 0.156. The smallest absolute Gasteiger partial charge is 0.136 e. The number of aromatic nitrogens is 4. The third kappa shape index (κ3) is 5.57. The molecule has 5 nitrogen and oxygen atoms in total. The zero-order valence-electron chi connectivity index (χ0n) is 34.4. The fourth-order valence-electron chi connectivity index (χ4n) is 9.33. The van der Waals surface area contributed by atoms with Gasteiger partial charge in [-0.3, -0.25) is 0 Å². The third-order valence-corrected chi connectivity index (χ3v) is 12.3. The van der Waals surface area contributed by atoms with Crippen molar-refractivity contribution in [1.82, 2.24) is 19.6 Å². The monoisotopic (exact) mass is 736 g/mol. The molecule has 0 unspecified atom stereocenters. The molecule has 9 rings (SSSR count). The van der Waals surface area contributed by atoms with E-state index in [4.69, 9.17) is 14.6 Å². The Morgan fingerprint density at radius 2 is 0.982 bits per heavy atom. The van der Waals surface area contributed by atoms with Gasteiger partial charge in [0.25, 0.3) is 0 Å². The average Bonchev–Trinajstić information content (AvgIpc) is 3.98. The van der Waals surface area contributed by atoms with Crippen LogP contribution in [-0.4, -0.2) is 19.6 Å². The van der Waals surface area contributed by atoms with E-state index in [1.165, 1.54) is 55.6 Å². The molecule has 3 aromatic heterocycles. The van der Waals surface area contributed by atoms with Gasteiger partial charge in [0.05, 0.1) is 23.8 Å². The maximum Gasteiger partial charge on any atom is 0.136 e. The van der Waals surface area contributed by atoms with Gasteiger partial charge in [-0.15, -0.1) is 0 Å². The molecule has 282 valence electrons. The lowest BCUT2D eigenvalue weighted by molar-refractivity contribution is 0.656. The van der Waals surface area contributed by atoms with Crippen molar-refractivity contribution in [2.45, 2.75) is 98.3 Å². The van der Waals surface area contributed by atoms with E-state index in [-0.39, 0.29) is 5.41 Å². The number of rotatable bonds is 8. The van der Waals surface area contributed by atoms with Crippen LogP contribution in [-0.2, 0) is 5.41 Å². The molecule has 8 aromatic rings. The second-order valence-corrected chi connectivity index (χ2v) is 17.6. The molecule has 0 saturated carbocycles. The van der Waals surface area contributed by atoms with Crippen LogP contribution in [0, 0.1) is 0 Å². The lowest BCUT2D eigenvalue weighted by atomic mass is 9.82. The first-order valence-electron chi connectivity index (χ1n) is 20.3. The van der Waals surface area contributed by atoms with Gasteiger partial charge >= 0.3 is 0 Å². The average molecular weight is 737 g/mol. The van der Waals surface area contributed by atoms with Gasteiger partial charge in [0.15, 0.2) is 0 Å². The van der Waals surface area contributed by atoms with E-state index in [1.807, 2.05) is 21.8 Å². The number of benzene rings is 5. The molecule has 5 heteroatoms. The molecule has 0 aliphatic heterocycles. The lowest BCUT2D eigenvalue weighted by Crippen LogP contribution is -2.14. The maximum atomic E-state index is 6.59. The largest absolute Gasteiger partial charge is 0.456 e. The summed E-state index contributed by atoms with van der Waals surface area (Å²) in [7, 11) is 0. The van der Waals surface area contributed by atoms with Gasteiger partial charge in [-0.1, -0.05) is 118 Å². The van der Waals surface area contributed by atoms with Gasteiger partial charge in [0.1, 0.15) is 11.2 Å². The number of fused-ring (bicyclic) bond motifs is 7. The molecule has 0 radical (unpaired) electrons. The van der Waals surface area contributed by atoms with Crippen molar-refractivity contribution in [3.63, 3.8) is 0 Å². The number of furan rings is 1. The first kappa shape index (κ1) is 36.0. The van der Waals surface area contributed by atoms with Crippen molar-refractivity contribution in [2.24, 2.45) is 0 Å². The molecule has 1 aliphatic carbocycles. The molecule has 0 bridgehead atoms. The zero-order chi connectivity index (χ0) is 39.2. The van der Waals surface area contributed by atoms with E-state index < -0.39 is 0 Å². The highest BCUT2D eigenvalue weighted by Crippen LogP contribution is 2.53. The van der Waals surface area contributed by atoms with Crippen LogP contribution in [0.5, 0.6) is 0 Å². The molecule has 56 heavy (non-hydrogen) atoms. The van der Waals surface area contributed by atoms with Gasteiger partial charge in [0, 0.05) is 39.7 Å². The van der Waals surface area contributed by atoms with Crippen LogP contribution in [0.4, 0.5) is 0 Å². The van der Waals surface area contributed by atoms with Crippen LogP contribution < -0.4 is 0 Å². The summed E-state index contributed by atoms with van der Waals surface area (Å²) in [5, 5.41) is 12.2. The summed E-state index contributed by atoms with van der Waals surface area (Å²) < 4.78 is 10.7. The molecule has 3 heterocycles. The summed E-state index contributed by atoms with van der Waals surface area (Å²) in [6.07, 6.45) is 8.45. The lowest BCUT2D eigenvalue weighted by Gasteiger charge is -2.21. The molecular weight excluding hydrogens is 685 g/mol. The van der Waals surface area contributed by atoms with Crippen molar-refractivity contribution < 1.29 is 4.42 Å². The van der Waals surface area contributed by atoms with Crippen LogP contribution >= 0.6 is 0 Å². The predicted octanol–water partition coefficient (Wildman–Crippen LogP) is 14.1. The highest BCUT2D eigenvalue weighted by Gasteiger charge is 2.38. The van der Waals surface area contributed by atoms with E-state index in [1.54, 1.807) is 0 Å². The van der Waals surface area contributed by atoms with E-state index in [0.717, 1.165) is 44.4 Å². The molecule has 0 N–H and O–H groups in total. The van der Waals surface area contributed by atoms with Crippen molar-refractivity contribution in [2.75, 3.05) is 0 Å². The Kier molecular flexibility index (Phi) is 8.50. The molecule has 0 atom stereocenters. The summed E-state index contributed by atoms with van der Waals surface area (Å²) in [5.41, 5.74) is 19.1. The number of hydrogen-bond acceptors (Lipinski definition) is 3. The van der Waals surface area contributed by atoms with Crippen LogP contribution in [0.2, 0.25) is 0 Å². The topological polar surface area (TPSA) is 48.8 Å². The van der Waals surface area contributed by atoms with Crippen LogP contribution in [0.15, 0.2) is 114 Å². The predicted molar refractivity (Wildman–Crippen MR) is 233 cm³/mol. The van der Waals surface area contributed by atoms with Gasteiger partial charge < -0.3 is 4.42 Å². The Labute approximate surface area is 331 Å². The van der Waals surface area contributed by atoms with E-state index in [0.29, 0.717) is 23.7 Å². The summed E-state index contributed by atoms with van der Waals surface area (Å²) in [4.78, 5) is 0. The Balaban J connectivity index is 1.17. The van der Waals surface area contributed by atoms with E-state index in [9.17, 15) is 0 Å². The molecule has 0 amide bonds.